The number of hydrogen-bond donors (Lipinski definition) is 0. The zero-order valence-corrected chi connectivity index (χ0v) is 11.4. The van der Waals surface area contributed by atoms with E-state index in [2.05, 4.69) is 19.8 Å². The van der Waals surface area contributed by atoms with Gasteiger partial charge < -0.3 is 14.5 Å². The summed E-state index contributed by atoms with van der Waals surface area (Å²) in [5, 5.41) is 0. The minimum atomic E-state index is 0.564. The van der Waals surface area contributed by atoms with Gasteiger partial charge in [-0.1, -0.05) is 0 Å². The van der Waals surface area contributed by atoms with E-state index in [1.165, 1.54) is 0 Å². The van der Waals surface area contributed by atoms with Gasteiger partial charge in [-0.05, 0) is 13.0 Å². The highest BCUT2D eigenvalue weighted by atomic mass is 35.5. The zero-order chi connectivity index (χ0) is 12.8. The summed E-state index contributed by atoms with van der Waals surface area (Å²) in [5.41, 5.74) is 0. The van der Waals surface area contributed by atoms with Crippen LogP contribution in [0, 0.1) is 0 Å². The molecular formula is C12H19ClN4O. The molecule has 0 radical (unpaired) electrons. The molecule has 0 N–H and O–H groups in total. The first-order valence-electron chi connectivity index (χ1n) is 6.23. The predicted molar refractivity (Wildman–Crippen MR) is 72.6 cm³/mol. The predicted octanol–water partition coefficient (Wildman–Crippen LogP) is 1.24. The van der Waals surface area contributed by atoms with Crippen LogP contribution in [0.1, 0.15) is 6.42 Å². The van der Waals surface area contributed by atoms with E-state index in [9.17, 15) is 0 Å². The van der Waals surface area contributed by atoms with E-state index in [1.807, 2.05) is 0 Å². The monoisotopic (exact) mass is 270 g/mol. The quantitative estimate of drug-likeness (QED) is 0.770. The average molecular weight is 271 g/mol. The molecule has 1 aromatic rings. The summed E-state index contributed by atoms with van der Waals surface area (Å²) in [7, 11) is 1.61. The minimum Gasteiger partial charge on any atom is -0.480 e. The molecule has 0 saturated carbocycles. The van der Waals surface area contributed by atoms with Gasteiger partial charge in [0.15, 0.2) is 5.82 Å². The fraction of sp³-hybridized carbons (Fsp3) is 0.667. The lowest BCUT2D eigenvalue weighted by atomic mass is 10.4. The van der Waals surface area contributed by atoms with Crippen molar-refractivity contribution in [3.05, 3.63) is 12.4 Å². The van der Waals surface area contributed by atoms with E-state index in [1.54, 1.807) is 19.5 Å². The molecule has 2 rings (SSSR count). The second kappa shape index (κ2) is 6.75. The van der Waals surface area contributed by atoms with E-state index < -0.39 is 0 Å². The van der Waals surface area contributed by atoms with Crippen LogP contribution in [0.2, 0.25) is 0 Å². The van der Waals surface area contributed by atoms with E-state index in [-0.39, 0.29) is 0 Å². The fourth-order valence-electron chi connectivity index (χ4n) is 2.13. The van der Waals surface area contributed by atoms with Crippen LogP contribution >= 0.6 is 11.6 Å². The normalized spacial score (nSPS) is 17.6. The van der Waals surface area contributed by atoms with Gasteiger partial charge in [0.1, 0.15) is 0 Å². The maximum absolute atomic E-state index is 5.79. The van der Waals surface area contributed by atoms with Crippen molar-refractivity contribution < 1.29 is 4.74 Å². The highest BCUT2D eigenvalue weighted by Crippen LogP contribution is 2.15. The van der Waals surface area contributed by atoms with Crippen molar-refractivity contribution in [2.24, 2.45) is 0 Å². The molecule has 100 valence electrons. The largest absolute Gasteiger partial charge is 0.480 e. The summed E-state index contributed by atoms with van der Waals surface area (Å²) in [6, 6.07) is 0. The molecular weight excluding hydrogens is 252 g/mol. The maximum atomic E-state index is 5.79. The first-order chi connectivity index (χ1) is 8.83. The van der Waals surface area contributed by atoms with E-state index in [4.69, 9.17) is 16.3 Å². The Hall–Kier alpha value is -1.07. The number of halogens is 1. The Labute approximate surface area is 113 Å². The molecule has 6 heteroatoms. The SMILES string of the molecule is COc1cncc(N2CCCN(CCCl)CC2)n1. The molecule has 1 fully saturated rings. The molecule has 2 heterocycles. The second-order valence-corrected chi connectivity index (χ2v) is 4.67. The number of alkyl halides is 1. The molecule has 0 aliphatic carbocycles. The number of nitrogens with zero attached hydrogens (tertiary/aromatic N) is 4. The van der Waals surface area contributed by atoms with E-state index in [0.717, 1.165) is 45.0 Å². The summed E-state index contributed by atoms with van der Waals surface area (Å²) in [6.45, 7) is 5.03. The summed E-state index contributed by atoms with van der Waals surface area (Å²) >= 11 is 5.79. The Morgan fingerprint density at radius 1 is 1.28 bits per heavy atom. The topological polar surface area (TPSA) is 41.5 Å². The van der Waals surface area contributed by atoms with Crippen molar-refractivity contribution in [2.75, 3.05) is 50.6 Å². The highest BCUT2D eigenvalue weighted by molar-refractivity contribution is 6.18. The molecule has 0 spiro atoms. The molecule has 1 aliphatic rings. The Balaban J connectivity index is 2.00. The molecule has 1 saturated heterocycles. The third-order valence-corrected chi connectivity index (χ3v) is 3.29. The van der Waals surface area contributed by atoms with Crippen LogP contribution in [0.4, 0.5) is 5.82 Å². The van der Waals surface area contributed by atoms with Crippen LogP contribution in [0.5, 0.6) is 5.88 Å². The standard InChI is InChI=1S/C12H19ClN4O/c1-18-12-10-14-9-11(15-12)17-5-2-4-16(6-3-13)7-8-17/h9-10H,2-8H2,1H3. The van der Waals surface area contributed by atoms with Crippen molar-refractivity contribution in [3.63, 3.8) is 0 Å². The van der Waals surface area contributed by atoms with Gasteiger partial charge in [-0.3, -0.25) is 4.98 Å². The van der Waals surface area contributed by atoms with Crippen molar-refractivity contribution in [1.29, 1.82) is 0 Å². The molecule has 0 aromatic carbocycles. The lowest BCUT2D eigenvalue weighted by Crippen LogP contribution is -2.32. The molecule has 5 nitrogen and oxygen atoms in total. The number of anilines is 1. The number of ether oxygens (including phenoxy) is 1. The first kappa shape index (κ1) is 13.4. The van der Waals surface area contributed by atoms with Crippen molar-refractivity contribution in [1.82, 2.24) is 14.9 Å². The van der Waals surface area contributed by atoms with E-state index in [0.29, 0.717) is 11.8 Å². The van der Waals surface area contributed by atoms with Gasteiger partial charge in [0, 0.05) is 32.1 Å². The highest BCUT2D eigenvalue weighted by Gasteiger charge is 2.16. The smallest absolute Gasteiger partial charge is 0.233 e. The summed E-state index contributed by atoms with van der Waals surface area (Å²) < 4.78 is 5.11. The number of hydrogen-bond acceptors (Lipinski definition) is 5. The van der Waals surface area contributed by atoms with Crippen molar-refractivity contribution in [2.45, 2.75) is 6.42 Å². The summed E-state index contributed by atoms with van der Waals surface area (Å²) in [4.78, 5) is 13.2. The van der Waals surface area contributed by atoms with Crippen LogP contribution in [0.3, 0.4) is 0 Å². The number of rotatable bonds is 4. The fourth-order valence-corrected chi connectivity index (χ4v) is 2.37. The third kappa shape index (κ3) is 3.46. The van der Waals surface area contributed by atoms with Gasteiger partial charge in [-0.15, -0.1) is 11.6 Å². The van der Waals surface area contributed by atoms with Crippen molar-refractivity contribution >= 4 is 17.4 Å². The minimum absolute atomic E-state index is 0.564. The molecule has 0 atom stereocenters. The molecule has 0 amide bonds. The average Bonchev–Trinajstić information content (AvgIpc) is 2.65. The first-order valence-corrected chi connectivity index (χ1v) is 6.76. The van der Waals surface area contributed by atoms with Crippen LogP contribution in [-0.4, -0.2) is 60.6 Å². The molecule has 0 bridgehead atoms. The van der Waals surface area contributed by atoms with Gasteiger partial charge in [-0.2, -0.15) is 4.98 Å². The molecule has 1 aliphatic heterocycles. The number of aromatic nitrogens is 2. The van der Waals surface area contributed by atoms with E-state index >= 15 is 0 Å². The van der Waals surface area contributed by atoms with Gasteiger partial charge in [0.05, 0.1) is 19.5 Å². The Kier molecular flexibility index (Phi) is 5.01. The van der Waals surface area contributed by atoms with Gasteiger partial charge in [0.2, 0.25) is 5.88 Å². The second-order valence-electron chi connectivity index (χ2n) is 4.29. The Morgan fingerprint density at radius 2 is 2.17 bits per heavy atom. The van der Waals surface area contributed by atoms with Gasteiger partial charge >= 0.3 is 0 Å². The van der Waals surface area contributed by atoms with Gasteiger partial charge in [0.25, 0.3) is 0 Å². The van der Waals surface area contributed by atoms with Crippen molar-refractivity contribution in [3.8, 4) is 5.88 Å². The summed E-state index contributed by atoms with van der Waals surface area (Å²) in [5.74, 6) is 2.15. The molecule has 1 aromatic heterocycles. The maximum Gasteiger partial charge on any atom is 0.233 e. The summed E-state index contributed by atoms with van der Waals surface area (Å²) in [6.07, 6.45) is 4.54. The Morgan fingerprint density at radius 3 is 2.94 bits per heavy atom. The van der Waals surface area contributed by atoms with Crippen LogP contribution < -0.4 is 9.64 Å². The lowest BCUT2D eigenvalue weighted by Gasteiger charge is -2.22. The van der Waals surface area contributed by atoms with Crippen LogP contribution in [0.25, 0.3) is 0 Å². The van der Waals surface area contributed by atoms with Gasteiger partial charge in [-0.25, -0.2) is 0 Å². The number of methoxy groups -OCH3 is 1. The Bertz CT molecular complexity index is 377. The third-order valence-electron chi connectivity index (χ3n) is 3.12. The molecule has 18 heavy (non-hydrogen) atoms. The lowest BCUT2D eigenvalue weighted by molar-refractivity contribution is 0.311. The zero-order valence-electron chi connectivity index (χ0n) is 10.7. The van der Waals surface area contributed by atoms with Crippen LogP contribution in [0.15, 0.2) is 12.4 Å². The van der Waals surface area contributed by atoms with Crippen LogP contribution in [-0.2, 0) is 0 Å². The molecule has 0 unspecified atom stereocenters.